The summed E-state index contributed by atoms with van der Waals surface area (Å²) in [5, 5.41) is 3.28. The van der Waals surface area contributed by atoms with Crippen molar-refractivity contribution in [3.63, 3.8) is 0 Å². The summed E-state index contributed by atoms with van der Waals surface area (Å²) >= 11 is 0. The standard InChI is InChI=1S/C20H24N4O2/c1-25-17-10-9-15(12-18(17)26-2)22-20-21-13-14-6-5-11-24(19(14)23-20)16-7-3-4-8-16/h5-6,9-10,12-13,16H,3-4,7-8,11H2,1-2H3,(H,21,22,23). The van der Waals surface area contributed by atoms with Gasteiger partial charge in [-0.3, -0.25) is 0 Å². The Balaban J connectivity index is 1.60. The van der Waals surface area contributed by atoms with Crippen molar-refractivity contribution in [1.29, 1.82) is 0 Å². The number of nitrogens with zero attached hydrogens (tertiary/aromatic N) is 3. The number of aromatic nitrogens is 2. The maximum atomic E-state index is 5.37. The molecule has 1 N–H and O–H groups in total. The number of fused-ring (bicyclic) bond motifs is 1. The third-order valence-electron chi connectivity index (χ3n) is 5.07. The topological polar surface area (TPSA) is 59.5 Å². The molecule has 1 aliphatic carbocycles. The molecule has 0 bridgehead atoms. The SMILES string of the molecule is COc1ccc(Nc2ncc3c(n2)N(C2CCCC2)CC=C3)cc1OC. The first-order valence-electron chi connectivity index (χ1n) is 9.08. The van der Waals surface area contributed by atoms with Crippen LogP contribution in [0.1, 0.15) is 31.2 Å². The van der Waals surface area contributed by atoms with E-state index in [1.54, 1.807) is 14.2 Å². The van der Waals surface area contributed by atoms with Gasteiger partial charge in [-0.25, -0.2) is 4.98 Å². The molecule has 0 radical (unpaired) electrons. The molecule has 136 valence electrons. The third-order valence-corrected chi connectivity index (χ3v) is 5.07. The number of nitrogens with one attached hydrogen (secondary N) is 1. The molecule has 0 unspecified atom stereocenters. The first kappa shape index (κ1) is 16.7. The van der Waals surface area contributed by atoms with Crippen LogP contribution in [0.4, 0.5) is 17.5 Å². The molecule has 6 heteroatoms. The van der Waals surface area contributed by atoms with Crippen LogP contribution in [0, 0.1) is 0 Å². The summed E-state index contributed by atoms with van der Waals surface area (Å²) in [4.78, 5) is 11.7. The molecule has 6 nitrogen and oxygen atoms in total. The van der Waals surface area contributed by atoms with Crippen LogP contribution in [0.15, 0.2) is 30.5 Å². The van der Waals surface area contributed by atoms with Crippen molar-refractivity contribution in [1.82, 2.24) is 9.97 Å². The first-order chi connectivity index (χ1) is 12.8. The Kier molecular flexibility index (Phi) is 4.65. The molecule has 1 saturated carbocycles. The maximum Gasteiger partial charge on any atom is 0.229 e. The van der Waals surface area contributed by atoms with Crippen molar-refractivity contribution in [2.24, 2.45) is 0 Å². The lowest BCUT2D eigenvalue weighted by Gasteiger charge is -2.32. The summed E-state index contributed by atoms with van der Waals surface area (Å²) in [7, 11) is 3.26. The van der Waals surface area contributed by atoms with Gasteiger partial charge in [0.15, 0.2) is 11.5 Å². The van der Waals surface area contributed by atoms with Crippen LogP contribution >= 0.6 is 0 Å². The largest absolute Gasteiger partial charge is 0.493 e. The van der Waals surface area contributed by atoms with Crippen molar-refractivity contribution >= 4 is 23.5 Å². The van der Waals surface area contributed by atoms with Crippen LogP contribution in [-0.4, -0.2) is 36.8 Å². The Morgan fingerprint density at radius 1 is 1.12 bits per heavy atom. The van der Waals surface area contributed by atoms with Gasteiger partial charge in [-0.15, -0.1) is 0 Å². The van der Waals surface area contributed by atoms with Crippen molar-refractivity contribution in [3.8, 4) is 11.5 Å². The van der Waals surface area contributed by atoms with Crippen LogP contribution in [-0.2, 0) is 0 Å². The summed E-state index contributed by atoms with van der Waals surface area (Å²) < 4.78 is 10.7. The highest BCUT2D eigenvalue weighted by Gasteiger charge is 2.26. The van der Waals surface area contributed by atoms with E-state index in [1.165, 1.54) is 25.7 Å². The van der Waals surface area contributed by atoms with E-state index in [9.17, 15) is 0 Å². The van der Waals surface area contributed by atoms with Gasteiger partial charge >= 0.3 is 0 Å². The number of methoxy groups -OCH3 is 2. The molecule has 1 aromatic heterocycles. The fourth-order valence-electron chi connectivity index (χ4n) is 3.75. The molecule has 0 amide bonds. The van der Waals surface area contributed by atoms with E-state index in [1.807, 2.05) is 24.4 Å². The van der Waals surface area contributed by atoms with Crippen molar-refractivity contribution < 1.29 is 9.47 Å². The summed E-state index contributed by atoms with van der Waals surface area (Å²) in [6.45, 7) is 0.921. The Hall–Kier alpha value is -2.76. The van der Waals surface area contributed by atoms with E-state index in [2.05, 4.69) is 27.4 Å². The maximum absolute atomic E-state index is 5.37. The number of benzene rings is 1. The van der Waals surface area contributed by atoms with E-state index in [0.717, 1.165) is 23.6 Å². The molecule has 1 aromatic carbocycles. The van der Waals surface area contributed by atoms with Gasteiger partial charge in [-0.2, -0.15) is 4.98 Å². The number of anilines is 3. The fourth-order valence-corrected chi connectivity index (χ4v) is 3.75. The van der Waals surface area contributed by atoms with Gasteiger partial charge in [0.2, 0.25) is 5.95 Å². The molecule has 1 fully saturated rings. The van der Waals surface area contributed by atoms with E-state index in [0.29, 0.717) is 23.5 Å². The zero-order valence-electron chi connectivity index (χ0n) is 15.2. The monoisotopic (exact) mass is 352 g/mol. The minimum atomic E-state index is 0.586. The lowest BCUT2D eigenvalue weighted by molar-refractivity contribution is 0.355. The van der Waals surface area contributed by atoms with Crippen LogP contribution in [0.5, 0.6) is 11.5 Å². The number of rotatable bonds is 5. The normalized spacial score (nSPS) is 16.5. The summed E-state index contributed by atoms with van der Waals surface area (Å²) in [5.74, 6) is 2.99. The van der Waals surface area contributed by atoms with Crippen molar-refractivity contribution in [3.05, 3.63) is 36.0 Å². The highest BCUT2D eigenvalue weighted by atomic mass is 16.5. The molecule has 4 rings (SSSR count). The summed E-state index contributed by atoms with van der Waals surface area (Å²) in [5.41, 5.74) is 1.95. The zero-order valence-corrected chi connectivity index (χ0v) is 15.2. The van der Waals surface area contributed by atoms with Gasteiger partial charge in [0, 0.05) is 36.1 Å². The lowest BCUT2D eigenvalue weighted by Crippen LogP contribution is -2.36. The average Bonchev–Trinajstić information content (AvgIpc) is 3.22. The van der Waals surface area contributed by atoms with Crippen LogP contribution in [0.2, 0.25) is 0 Å². The molecule has 0 saturated heterocycles. The molecule has 0 spiro atoms. The van der Waals surface area contributed by atoms with Crippen LogP contribution < -0.4 is 19.7 Å². The minimum Gasteiger partial charge on any atom is -0.493 e. The Labute approximate surface area is 153 Å². The number of hydrogen-bond acceptors (Lipinski definition) is 6. The second kappa shape index (κ2) is 7.23. The Bertz CT molecular complexity index is 815. The summed E-state index contributed by atoms with van der Waals surface area (Å²) in [6, 6.07) is 6.27. The van der Waals surface area contributed by atoms with Gasteiger partial charge in [-0.1, -0.05) is 25.0 Å². The highest BCUT2D eigenvalue weighted by Crippen LogP contribution is 2.34. The molecule has 1 aliphatic heterocycles. The predicted molar refractivity (Wildman–Crippen MR) is 103 cm³/mol. The third kappa shape index (κ3) is 3.19. The molecular formula is C20H24N4O2. The van der Waals surface area contributed by atoms with Gasteiger partial charge < -0.3 is 19.7 Å². The lowest BCUT2D eigenvalue weighted by atomic mass is 10.1. The second-order valence-electron chi connectivity index (χ2n) is 6.66. The summed E-state index contributed by atoms with van der Waals surface area (Å²) in [6.07, 6.45) is 11.3. The van der Waals surface area contributed by atoms with Crippen molar-refractivity contribution in [2.75, 3.05) is 31.0 Å². The van der Waals surface area contributed by atoms with E-state index in [4.69, 9.17) is 14.5 Å². The van der Waals surface area contributed by atoms with Gasteiger partial charge in [0.1, 0.15) is 5.82 Å². The number of hydrogen-bond donors (Lipinski definition) is 1. The average molecular weight is 352 g/mol. The molecular weight excluding hydrogens is 328 g/mol. The van der Waals surface area contributed by atoms with Gasteiger partial charge in [0.05, 0.1) is 14.2 Å². The van der Waals surface area contributed by atoms with Gasteiger partial charge in [-0.05, 0) is 25.0 Å². The zero-order chi connectivity index (χ0) is 17.9. The first-order valence-corrected chi connectivity index (χ1v) is 9.08. The predicted octanol–water partition coefficient (Wildman–Crippen LogP) is 4.01. The second-order valence-corrected chi connectivity index (χ2v) is 6.66. The molecule has 26 heavy (non-hydrogen) atoms. The van der Waals surface area contributed by atoms with Gasteiger partial charge in [0.25, 0.3) is 0 Å². The number of ether oxygens (including phenoxy) is 2. The van der Waals surface area contributed by atoms with Crippen LogP contribution in [0.3, 0.4) is 0 Å². The molecule has 2 aromatic rings. The van der Waals surface area contributed by atoms with Crippen LogP contribution in [0.25, 0.3) is 6.08 Å². The fraction of sp³-hybridized carbons (Fsp3) is 0.400. The quantitative estimate of drug-likeness (QED) is 0.877. The van der Waals surface area contributed by atoms with E-state index >= 15 is 0 Å². The smallest absolute Gasteiger partial charge is 0.229 e. The van der Waals surface area contributed by atoms with E-state index in [-0.39, 0.29) is 0 Å². The molecule has 0 atom stereocenters. The van der Waals surface area contributed by atoms with E-state index < -0.39 is 0 Å². The Morgan fingerprint density at radius 2 is 1.92 bits per heavy atom. The molecule has 2 aliphatic rings. The van der Waals surface area contributed by atoms with Crippen molar-refractivity contribution in [2.45, 2.75) is 31.7 Å². The highest BCUT2D eigenvalue weighted by molar-refractivity contribution is 5.70. The molecule has 2 heterocycles. The Morgan fingerprint density at radius 3 is 2.69 bits per heavy atom. The minimum absolute atomic E-state index is 0.586.